The number of thiocarbonyl (C=S) groups is 1. The first-order valence-corrected chi connectivity index (χ1v) is 15.9. The predicted molar refractivity (Wildman–Crippen MR) is 167 cm³/mol. The molecule has 2 aromatic rings. The van der Waals surface area contributed by atoms with Crippen LogP contribution in [0.25, 0.3) is 6.08 Å². The number of unbranched alkanes of at least 4 members (excludes halogenated alkanes) is 1. The second kappa shape index (κ2) is 12.7. The highest BCUT2D eigenvalue weighted by atomic mass is 32.2. The van der Waals surface area contributed by atoms with E-state index in [1.165, 1.54) is 17.3 Å². The topological polar surface area (TPSA) is 69.3 Å². The highest BCUT2D eigenvalue weighted by Gasteiger charge is 2.38. The number of carbonyl (C=O) groups is 1. The summed E-state index contributed by atoms with van der Waals surface area (Å²) in [5.74, 6) is 1.39. The Morgan fingerprint density at radius 2 is 1.80 bits per heavy atom. The van der Waals surface area contributed by atoms with Crippen LogP contribution in [-0.4, -0.2) is 38.8 Å². The SMILES string of the molecule is CCCCn1c(N2CCC(Cc3ccccc3)CC2)c(C=C2SC(=S)N(C3CCCC3)C2=O)c(C)c(C#N)c1=O. The lowest BCUT2D eigenvalue weighted by Crippen LogP contribution is -2.40. The molecule has 0 atom stereocenters. The summed E-state index contributed by atoms with van der Waals surface area (Å²) in [6.07, 6.45) is 11.0. The number of hydrogen-bond acceptors (Lipinski definition) is 6. The van der Waals surface area contributed by atoms with Crippen molar-refractivity contribution in [2.75, 3.05) is 18.0 Å². The summed E-state index contributed by atoms with van der Waals surface area (Å²) < 4.78 is 2.42. The van der Waals surface area contributed by atoms with Crippen LogP contribution in [0.4, 0.5) is 5.82 Å². The number of amides is 1. The molecule has 0 bridgehead atoms. The Bertz CT molecular complexity index is 1390. The number of aromatic nitrogens is 1. The van der Waals surface area contributed by atoms with Crippen LogP contribution in [0.2, 0.25) is 0 Å². The third kappa shape index (κ3) is 5.77. The lowest BCUT2D eigenvalue weighted by Gasteiger charge is -2.36. The van der Waals surface area contributed by atoms with Gasteiger partial charge in [-0.3, -0.25) is 19.1 Å². The number of piperidine rings is 1. The molecule has 6 nitrogen and oxygen atoms in total. The summed E-state index contributed by atoms with van der Waals surface area (Å²) in [6.45, 7) is 6.16. The molecule has 5 rings (SSSR count). The maximum absolute atomic E-state index is 13.6. The van der Waals surface area contributed by atoms with E-state index in [4.69, 9.17) is 12.2 Å². The molecule has 3 heterocycles. The lowest BCUT2D eigenvalue weighted by molar-refractivity contribution is -0.123. The van der Waals surface area contributed by atoms with E-state index in [1.54, 1.807) is 9.47 Å². The highest BCUT2D eigenvalue weighted by molar-refractivity contribution is 8.26. The average Bonchev–Trinajstić information content (AvgIpc) is 3.58. The Labute approximate surface area is 247 Å². The van der Waals surface area contributed by atoms with Crippen LogP contribution in [0.15, 0.2) is 40.0 Å². The fourth-order valence-corrected chi connectivity index (χ4v) is 7.78. The van der Waals surface area contributed by atoms with E-state index >= 15 is 0 Å². The van der Waals surface area contributed by atoms with E-state index in [1.807, 2.05) is 13.0 Å². The molecule has 1 saturated carbocycles. The smallest absolute Gasteiger partial charge is 0.270 e. The second-order valence-corrected chi connectivity index (χ2v) is 12.9. The number of hydrogen-bond donors (Lipinski definition) is 0. The van der Waals surface area contributed by atoms with E-state index in [0.29, 0.717) is 27.3 Å². The summed E-state index contributed by atoms with van der Waals surface area (Å²) in [7, 11) is 0. The average molecular weight is 575 g/mol. The zero-order valence-electron chi connectivity index (χ0n) is 23.5. The molecule has 1 aliphatic carbocycles. The van der Waals surface area contributed by atoms with Crippen LogP contribution < -0.4 is 10.5 Å². The molecule has 0 spiro atoms. The van der Waals surface area contributed by atoms with Crippen LogP contribution in [0.5, 0.6) is 0 Å². The molecule has 0 radical (unpaired) electrons. The fraction of sp³-hybridized carbons (Fsp3) is 0.500. The molecule has 3 aliphatic rings. The van der Waals surface area contributed by atoms with Gasteiger partial charge in [-0.25, -0.2) is 0 Å². The number of thioether (sulfide) groups is 1. The van der Waals surface area contributed by atoms with Crippen molar-refractivity contribution in [1.29, 1.82) is 5.26 Å². The van der Waals surface area contributed by atoms with Crippen molar-refractivity contribution in [3.05, 3.63) is 67.8 Å². The molecule has 3 fully saturated rings. The van der Waals surface area contributed by atoms with Gasteiger partial charge in [-0.15, -0.1) is 0 Å². The van der Waals surface area contributed by atoms with Gasteiger partial charge in [0.2, 0.25) is 0 Å². The van der Waals surface area contributed by atoms with Crippen LogP contribution in [0, 0.1) is 24.2 Å². The number of pyridine rings is 1. The highest BCUT2D eigenvalue weighted by Crippen LogP contribution is 2.40. The van der Waals surface area contributed by atoms with E-state index in [9.17, 15) is 14.9 Å². The normalized spacial score (nSPS) is 19.7. The van der Waals surface area contributed by atoms with Crippen LogP contribution in [0.3, 0.4) is 0 Å². The van der Waals surface area contributed by atoms with Crippen molar-refractivity contribution >= 4 is 46.1 Å². The molecule has 1 aromatic carbocycles. The first-order valence-electron chi connectivity index (χ1n) is 14.7. The van der Waals surface area contributed by atoms with Gasteiger partial charge < -0.3 is 4.90 Å². The van der Waals surface area contributed by atoms with Gasteiger partial charge in [0.1, 0.15) is 21.8 Å². The third-order valence-corrected chi connectivity index (χ3v) is 9.98. The predicted octanol–water partition coefficient (Wildman–Crippen LogP) is 6.43. The molecule has 0 N–H and O–H groups in total. The maximum Gasteiger partial charge on any atom is 0.270 e. The third-order valence-electron chi connectivity index (χ3n) is 8.65. The van der Waals surface area contributed by atoms with Crippen molar-refractivity contribution in [3.8, 4) is 6.07 Å². The number of nitrogens with zero attached hydrogens (tertiary/aromatic N) is 4. The van der Waals surface area contributed by atoms with Gasteiger partial charge in [-0.05, 0) is 68.6 Å². The van der Waals surface area contributed by atoms with E-state index < -0.39 is 0 Å². The van der Waals surface area contributed by atoms with Gasteiger partial charge in [0.15, 0.2) is 0 Å². The molecular formula is C32H38N4O2S2. The number of anilines is 1. The molecule has 40 heavy (non-hydrogen) atoms. The number of nitriles is 1. The minimum Gasteiger partial charge on any atom is -0.357 e. The van der Waals surface area contributed by atoms with E-state index in [2.05, 4.69) is 48.2 Å². The van der Waals surface area contributed by atoms with Gasteiger partial charge >= 0.3 is 0 Å². The first-order chi connectivity index (χ1) is 19.4. The molecule has 1 amide bonds. The quantitative estimate of drug-likeness (QED) is 0.267. The largest absolute Gasteiger partial charge is 0.357 e. The van der Waals surface area contributed by atoms with Crippen molar-refractivity contribution in [1.82, 2.24) is 9.47 Å². The van der Waals surface area contributed by atoms with Crippen LogP contribution in [-0.2, 0) is 17.8 Å². The van der Waals surface area contributed by atoms with E-state index in [0.717, 1.165) is 82.3 Å². The standard InChI is InChI=1S/C32H38N4O2S2/c1-3-4-16-35-29(34-17-14-24(15-18-34)19-23-10-6-5-7-11-23)26(22(2)27(21-33)30(35)37)20-28-31(38)36(32(39)40-28)25-12-8-9-13-25/h5-7,10-11,20,24-25H,3-4,8-9,12-19H2,1-2H3. The van der Waals surface area contributed by atoms with Gasteiger partial charge in [0.25, 0.3) is 11.5 Å². The summed E-state index contributed by atoms with van der Waals surface area (Å²) in [4.78, 5) is 31.9. The van der Waals surface area contributed by atoms with Gasteiger partial charge in [0, 0.05) is 31.2 Å². The zero-order valence-corrected chi connectivity index (χ0v) is 25.2. The summed E-state index contributed by atoms with van der Waals surface area (Å²) in [5.41, 5.74) is 2.75. The minimum atomic E-state index is -0.231. The number of rotatable bonds is 8. The molecule has 1 aromatic heterocycles. The molecule has 2 saturated heterocycles. The minimum absolute atomic E-state index is 0.0429. The van der Waals surface area contributed by atoms with Gasteiger partial charge in [-0.1, -0.05) is 80.5 Å². The Balaban J connectivity index is 1.52. The maximum atomic E-state index is 13.6. The zero-order chi connectivity index (χ0) is 28.2. The molecule has 8 heteroatoms. The van der Waals surface area contributed by atoms with Crippen molar-refractivity contribution < 1.29 is 4.79 Å². The summed E-state index contributed by atoms with van der Waals surface area (Å²) in [5, 5.41) is 9.99. The van der Waals surface area contributed by atoms with E-state index in [-0.39, 0.29) is 23.1 Å². The number of carbonyl (C=O) groups excluding carboxylic acids is 1. The Kier molecular flexibility index (Phi) is 9.12. The van der Waals surface area contributed by atoms with Crippen molar-refractivity contribution in [2.45, 2.75) is 84.2 Å². The molecule has 0 unspecified atom stereocenters. The second-order valence-electron chi connectivity index (χ2n) is 11.3. The van der Waals surface area contributed by atoms with Crippen LogP contribution >= 0.6 is 24.0 Å². The summed E-state index contributed by atoms with van der Waals surface area (Å²) >= 11 is 7.02. The molecule has 210 valence electrons. The van der Waals surface area contributed by atoms with Crippen LogP contribution in [0.1, 0.15) is 80.5 Å². The fourth-order valence-electron chi connectivity index (χ4n) is 6.39. The monoisotopic (exact) mass is 574 g/mol. The molecule has 2 aliphatic heterocycles. The van der Waals surface area contributed by atoms with Gasteiger partial charge in [0.05, 0.1) is 4.91 Å². The number of benzene rings is 1. The van der Waals surface area contributed by atoms with Crippen molar-refractivity contribution in [2.24, 2.45) is 5.92 Å². The van der Waals surface area contributed by atoms with Gasteiger partial charge in [-0.2, -0.15) is 5.26 Å². The Morgan fingerprint density at radius 3 is 2.45 bits per heavy atom. The first kappa shape index (κ1) is 28.6. The van der Waals surface area contributed by atoms with Crippen molar-refractivity contribution in [3.63, 3.8) is 0 Å². The Morgan fingerprint density at radius 1 is 1.10 bits per heavy atom. The Hall–Kier alpha value is -2.89. The summed E-state index contributed by atoms with van der Waals surface area (Å²) in [6, 6.07) is 13.0. The lowest BCUT2D eigenvalue weighted by atomic mass is 9.90. The molecular weight excluding hydrogens is 537 g/mol.